The quantitative estimate of drug-likeness (QED) is 0.487. The summed E-state index contributed by atoms with van der Waals surface area (Å²) in [5.41, 5.74) is 3.82. The van der Waals surface area contributed by atoms with Gasteiger partial charge in [0, 0.05) is 32.1 Å². The molecule has 1 nitrogen and oxygen atoms in total. The van der Waals surface area contributed by atoms with E-state index in [0.717, 1.165) is 0 Å². The van der Waals surface area contributed by atoms with Gasteiger partial charge in [-0.05, 0) is 35.2 Å². The first-order valence-corrected chi connectivity index (χ1v) is 8.09. The molecule has 2 heterocycles. The molecule has 2 aromatic heterocycles. The van der Waals surface area contributed by atoms with Gasteiger partial charge in [-0.25, -0.2) is 0 Å². The molecule has 4 aromatic rings. The van der Waals surface area contributed by atoms with E-state index in [0.29, 0.717) is 0 Å². The van der Waals surface area contributed by atoms with E-state index in [1.54, 1.807) is 0 Å². The SMILES string of the molecule is CC(C)(c1ccc2[nH]c3ccccc3c2c1)c1cccs1. The van der Waals surface area contributed by atoms with Gasteiger partial charge in [-0.1, -0.05) is 44.2 Å². The zero-order valence-electron chi connectivity index (χ0n) is 12.2. The Morgan fingerprint density at radius 3 is 2.48 bits per heavy atom. The molecule has 0 atom stereocenters. The molecule has 0 aliphatic carbocycles. The maximum atomic E-state index is 3.49. The third-order valence-corrected chi connectivity index (χ3v) is 5.56. The van der Waals surface area contributed by atoms with Crippen molar-refractivity contribution in [1.29, 1.82) is 0 Å². The summed E-state index contributed by atoms with van der Waals surface area (Å²) in [6.45, 7) is 4.60. The number of aromatic amines is 1. The van der Waals surface area contributed by atoms with Crippen LogP contribution in [0.3, 0.4) is 0 Å². The third-order valence-electron chi connectivity index (χ3n) is 4.37. The van der Waals surface area contributed by atoms with Crippen LogP contribution in [0.15, 0.2) is 60.0 Å². The normalized spacial score (nSPS) is 12.3. The summed E-state index contributed by atoms with van der Waals surface area (Å²) < 4.78 is 0. The lowest BCUT2D eigenvalue weighted by atomic mass is 9.82. The highest BCUT2D eigenvalue weighted by molar-refractivity contribution is 7.10. The molecule has 0 saturated heterocycles. The van der Waals surface area contributed by atoms with Crippen molar-refractivity contribution in [3.05, 3.63) is 70.4 Å². The van der Waals surface area contributed by atoms with E-state index in [1.807, 2.05) is 11.3 Å². The van der Waals surface area contributed by atoms with Crippen LogP contribution in [0.1, 0.15) is 24.3 Å². The predicted molar refractivity (Wildman–Crippen MR) is 92.3 cm³/mol. The van der Waals surface area contributed by atoms with Crippen LogP contribution >= 0.6 is 11.3 Å². The Morgan fingerprint density at radius 1 is 0.857 bits per heavy atom. The van der Waals surface area contributed by atoms with Gasteiger partial charge < -0.3 is 4.98 Å². The maximum Gasteiger partial charge on any atom is 0.0465 e. The van der Waals surface area contributed by atoms with Crippen molar-refractivity contribution in [2.24, 2.45) is 0 Å². The standard InChI is InChI=1S/C19H17NS/c1-19(2,18-8-5-11-21-18)13-9-10-17-15(12-13)14-6-3-4-7-16(14)20-17/h3-12,20H,1-2H3. The maximum absolute atomic E-state index is 3.49. The molecule has 0 saturated carbocycles. The Balaban J connectivity index is 1.96. The van der Waals surface area contributed by atoms with Crippen LogP contribution in [0.4, 0.5) is 0 Å². The minimum absolute atomic E-state index is 0.0424. The van der Waals surface area contributed by atoms with E-state index in [9.17, 15) is 0 Å². The molecular weight excluding hydrogens is 274 g/mol. The second-order valence-corrected chi connectivity index (χ2v) is 6.98. The first-order chi connectivity index (χ1) is 10.2. The van der Waals surface area contributed by atoms with E-state index in [4.69, 9.17) is 0 Å². The van der Waals surface area contributed by atoms with Crippen LogP contribution in [0, 0.1) is 0 Å². The minimum Gasteiger partial charge on any atom is -0.355 e. The van der Waals surface area contributed by atoms with Crippen molar-refractivity contribution >= 4 is 33.1 Å². The number of benzene rings is 2. The Hall–Kier alpha value is -2.06. The smallest absolute Gasteiger partial charge is 0.0465 e. The predicted octanol–water partition coefficient (Wildman–Crippen LogP) is 5.71. The fourth-order valence-electron chi connectivity index (χ4n) is 3.01. The van der Waals surface area contributed by atoms with Gasteiger partial charge in [-0.3, -0.25) is 0 Å². The lowest BCUT2D eigenvalue weighted by Gasteiger charge is -2.24. The van der Waals surface area contributed by atoms with Crippen molar-refractivity contribution in [3.8, 4) is 0 Å². The molecule has 0 aliphatic rings. The number of para-hydroxylation sites is 1. The number of H-pyrrole nitrogens is 1. The fourth-order valence-corrected chi connectivity index (χ4v) is 3.89. The molecule has 1 N–H and O–H groups in total. The van der Waals surface area contributed by atoms with Gasteiger partial charge >= 0.3 is 0 Å². The number of fused-ring (bicyclic) bond motifs is 3. The van der Waals surface area contributed by atoms with Gasteiger partial charge in [0.2, 0.25) is 0 Å². The van der Waals surface area contributed by atoms with E-state index in [-0.39, 0.29) is 5.41 Å². The second kappa shape index (κ2) is 4.47. The van der Waals surface area contributed by atoms with Crippen LogP contribution in [0.25, 0.3) is 21.8 Å². The van der Waals surface area contributed by atoms with E-state index in [2.05, 4.69) is 78.8 Å². The summed E-state index contributed by atoms with van der Waals surface area (Å²) in [4.78, 5) is 4.90. The zero-order valence-corrected chi connectivity index (χ0v) is 13.0. The molecule has 0 unspecified atom stereocenters. The van der Waals surface area contributed by atoms with Crippen molar-refractivity contribution in [2.75, 3.05) is 0 Å². The fraction of sp³-hybridized carbons (Fsp3) is 0.158. The highest BCUT2D eigenvalue weighted by Gasteiger charge is 2.24. The number of hydrogen-bond donors (Lipinski definition) is 1. The highest BCUT2D eigenvalue weighted by atomic mass is 32.1. The summed E-state index contributed by atoms with van der Waals surface area (Å²) in [7, 11) is 0. The molecule has 4 rings (SSSR count). The summed E-state index contributed by atoms with van der Waals surface area (Å²) in [5.74, 6) is 0. The molecule has 0 radical (unpaired) electrons. The molecule has 0 fully saturated rings. The molecule has 0 bridgehead atoms. The van der Waals surface area contributed by atoms with Gasteiger partial charge in [0.25, 0.3) is 0 Å². The largest absolute Gasteiger partial charge is 0.355 e. The van der Waals surface area contributed by atoms with Crippen LogP contribution in [-0.4, -0.2) is 4.98 Å². The monoisotopic (exact) mass is 291 g/mol. The topological polar surface area (TPSA) is 15.8 Å². The Kier molecular flexibility index (Phi) is 2.69. The van der Waals surface area contributed by atoms with Crippen LogP contribution in [0.2, 0.25) is 0 Å². The van der Waals surface area contributed by atoms with E-state index < -0.39 is 0 Å². The minimum atomic E-state index is 0.0424. The molecular formula is C19H17NS. The Bertz CT molecular complexity index is 913. The molecule has 104 valence electrons. The van der Waals surface area contributed by atoms with Gasteiger partial charge in [0.05, 0.1) is 0 Å². The van der Waals surface area contributed by atoms with Crippen molar-refractivity contribution in [2.45, 2.75) is 19.3 Å². The first kappa shape index (κ1) is 12.7. The number of nitrogens with one attached hydrogen (secondary N) is 1. The highest BCUT2D eigenvalue weighted by Crippen LogP contribution is 2.37. The molecule has 0 spiro atoms. The third kappa shape index (κ3) is 1.90. The van der Waals surface area contributed by atoms with Gasteiger partial charge in [-0.2, -0.15) is 0 Å². The number of rotatable bonds is 2. The van der Waals surface area contributed by atoms with Gasteiger partial charge in [-0.15, -0.1) is 11.3 Å². The van der Waals surface area contributed by atoms with Crippen LogP contribution in [0.5, 0.6) is 0 Å². The van der Waals surface area contributed by atoms with Crippen molar-refractivity contribution in [1.82, 2.24) is 4.98 Å². The summed E-state index contributed by atoms with van der Waals surface area (Å²) in [6.07, 6.45) is 0. The Labute approximate surface area is 128 Å². The van der Waals surface area contributed by atoms with Gasteiger partial charge in [0.15, 0.2) is 0 Å². The van der Waals surface area contributed by atoms with E-state index >= 15 is 0 Å². The second-order valence-electron chi connectivity index (χ2n) is 6.03. The number of thiophene rings is 1. The number of aromatic nitrogens is 1. The average molecular weight is 291 g/mol. The molecule has 21 heavy (non-hydrogen) atoms. The summed E-state index contributed by atoms with van der Waals surface area (Å²) in [6, 6.07) is 19.7. The lowest BCUT2D eigenvalue weighted by Crippen LogP contribution is -2.16. The molecule has 2 aromatic carbocycles. The van der Waals surface area contributed by atoms with Crippen LogP contribution < -0.4 is 0 Å². The van der Waals surface area contributed by atoms with E-state index in [1.165, 1.54) is 32.2 Å². The zero-order chi connectivity index (χ0) is 14.4. The van der Waals surface area contributed by atoms with Crippen molar-refractivity contribution < 1.29 is 0 Å². The van der Waals surface area contributed by atoms with Crippen LogP contribution in [-0.2, 0) is 5.41 Å². The average Bonchev–Trinajstić information content (AvgIpc) is 3.14. The lowest BCUT2D eigenvalue weighted by molar-refractivity contribution is 0.657. The Morgan fingerprint density at radius 2 is 1.67 bits per heavy atom. The molecule has 0 aliphatic heterocycles. The first-order valence-electron chi connectivity index (χ1n) is 7.21. The summed E-state index contributed by atoms with van der Waals surface area (Å²) >= 11 is 1.83. The van der Waals surface area contributed by atoms with Crippen molar-refractivity contribution in [3.63, 3.8) is 0 Å². The van der Waals surface area contributed by atoms with Gasteiger partial charge in [0.1, 0.15) is 0 Å². The molecule has 2 heteroatoms. The number of hydrogen-bond acceptors (Lipinski definition) is 1. The summed E-state index contributed by atoms with van der Waals surface area (Å²) in [5, 5.41) is 4.77. The molecule has 0 amide bonds.